The Morgan fingerprint density at radius 1 is 0.907 bits per heavy atom. The number of ketones is 1. The number of Topliss-reactive ketones (excluding diaryl/α,β-unsaturated/α-hetero) is 1. The van der Waals surface area contributed by atoms with Crippen LogP contribution >= 0.6 is 12.2 Å². The summed E-state index contributed by atoms with van der Waals surface area (Å²) in [5.74, 6) is -0.509. The molecule has 1 saturated heterocycles. The van der Waals surface area contributed by atoms with E-state index in [4.69, 9.17) is 0 Å². The molecule has 4 unspecified atom stereocenters. The van der Waals surface area contributed by atoms with Crippen molar-refractivity contribution < 1.29 is 28.5 Å². The van der Waals surface area contributed by atoms with E-state index in [0.717, 1.165) is 56.7 Å². The first-order valence-electron chi connectivity index (χ1n) is 20.4. The number of hydrogen-bond donors (Lipinski definition) is 6. The van der Waals surface area contributed by atoms with Gasteiger partial charge in [0.25, 0.3) is 5.91 Å². The SMILES string of the molecule is CC.CC.CC.CC(C)N(CCNCC(NC(=O)NC(C=O)C(C)(C)C)C(C)(C)C)SO.CNC(=O)C(=O)C(CCCC1CC1)NC(=O)C1CCCN1C. The van der Waals surface area contributed by atoms with Crippen molar-refractivity contribution >= 4 is 42.1 Å². The lowest BCUT2D eigenvalue weighted by molar-refractivity contribution is -0.140. The van der Waals surface area contributed by atoms with Crippen LogP contribution in [-0.4, -0.2) is 114 Å². The standard InChI is InChI=1S/C18H38N4O3S.C16H27N3O3.3C2H6/c1-13(2)22(26-25)10-9-19-11-14(17(3,4)5)20-16(24)21-15(12-23)18(6,7)8;1-17-16(22)14(20)12(6-3-5-11-8-9-11)18-15(21)13-7-4-10-19(13)2;3*1-2/h12-15,19,25H,9-11H2,1-8H3,(H2,20,21,24);11-13H,3-10H2,1-2H3,(H,17,22)(H,18,21);3*1-2H3. The number of likely N-dealkylation sites (N-methyl/N-ethyl adjacent to an activating group) is 2. The van der Waals surface area contributed by atoms with Gasteiger partial charge < -0.3 is 35.9 Å². The molecule has 1 saturated carbocycles. The molecule has 14 heteroatoms. The van der Waals surface area contributed by atoms with Crippen molar-refractivity contribution in [1.82, 2.24) is 35.8 Å². The molecule has 0 aromatic rings. The van der Waals surface area contributed by atoms with E-state index >= 15 is 0 Å². The van der Waals surface area contributed by atoms with Gasteiger partial charge in [-0.15, -0.1) is 0 Å². The van der Waals surface area contributed by atoms with Crippen molar-refractivity contribution in [2.45, 2.75) is 172 Å². The van der Waals surface area contributed by atoms with Crippen molar-refractivity contribution in [3.63, 3.8) is 0 Å². The predicted octanol–water partition coefficient (Wildman–Crippen LogP) is 6.27. The summed E-state index contributed by atoms with van der Waals surface area (Å²) in [5.41, 5.74) is -0.483. The molecule has 2 aliphatic rings. The first kappa shape index (κ1) is 56.1. The number of likely N-dealkylation sites (tertiary alicyclic amines) is 1. The molecular formula is C40H83N7O6S. The van der Waals surface area contributed by atoms with E-state index in [1.807, 2.05) is 92.4 Å². The second-order valence-corrected chi connectivity index (χ2v) is 16.2. The molecule has 1 aliphatic carbocycles. The van der Waals surface area contributed by atoms with Gasteiger partial charge in [-0.25, -0.2) is 9.10 Å². The quantitative estimate of drug-likeness (QED) is 0.0306. The number of amides is 4. The Bertz CT molecular complexity index is 1030. The van der Waals surface area contributed by atoms with Gasteiger partial charge >= 0.3 is 6.03 Å². The fraction of sp³-hybridized carbons (Fsp3) is 0.875. The average molecular weight is 790 g/mol. The van der Waals surface area contributed by atoms with Crippen LogP contribution in [0.25, 0.3) is 0 Å². The summed E-state index contributed by atoms with van der Waals surface area (Å²) in [7, 11) is 3.36. The van der Waals surface area contributed by atoms with Gasteiger partial charge in [-0.1, -0.05) is 109 Å². The molecule has 0 spiro atoms. The number of carbonyl (C=O) groups excluding carboxylic acids is 5. The molecule has 6 N–H and O–H groups in total. The van der Waals surface area contributed by atoms with Crippen LogP contribution in [0.15, 0.2) is 0 Å². The summed E-state index contributed by atoms with van der Waals surface area (Å²) in [6, 6.07) is -1.62. The zero-order chi connectivity index (χ0) is 42.7. The lowest BCUT2D eigenvalue weighted by atomic mass is 9.86. The first-order chi connectivity index (χ1) is 25.3. The average Bonchev–Trinajstić information content (AvgIpc) is 3.86. The molecule has 320 valence electrons. The van der Waals surface area contributed by atoms with Gasteiger partial charge in [-0.2, -0.15) is 0 Å². The van der Waals surface area contributed by atoms with Crippen molar-refractivity contribution in [2.75, 3.05) is 40.3 Å². The van der Waals surface area contributed by atoms with E-state index in [9.17, 15) is 28.5 Å². The normalized spacial score (nSPS) is 17.0. The fourth-order valence-electron chi connectivity index (χ4n) is 5.28. The molecule has 0 radical (unpaired) electrons. The molecule has 1 aliphatic heterocycles. The van der Waals surface area contributed by atoms with Gasteiger partial charge in [0, 0.05) is 38.8 Å². The van der Waals surface area contributed by atoms with Crippen LogP contribution in [0.5, 0.6) is 0 Å². The number of hydrogen-bond acceptors (Lipinski definition) is 10. The van der Waals surface area contributed by atoms with E-state index in [0.29, 0.717) is 26.1 Å². The van der Waals surface area contributed by atoms with Gasteiger partial charge in [0.2, 0.25) is 11.7 Å². The number of rotatable bonds is 18. The highest BCUT2D eigenvalue weighted by molar-refractivity contribution is 7.91. The number of urea groups is 1. The zero-order valence-corrected chi connectivity index (χ0v) is 37.9. The van der Waals surface area contributed by atoms with Crippen LogP contribution in [0, 0.1) is 16.7 Å². The number of aldehydes is 1. The van der Waals surface area contributed by atoms with Crippen LogP contribution in [0.1, 0.15) is 142 Å². The third-order valence-electron chi connectivity index (χ3n) is 8.95. The largest absolute Gasteiger partial charge is 0.353 e. The summed E-state index contributed by atoms with van der Waals surface area (Å²) < 4.78 is 11.1. The maximum absolute atomic E-state index is 12.4. The molecule has 0 aromatic heterocycles. The van der Waals surface area contributed by atoms with E-state index in [1.54, 1.807) is 0 Å². The fourth-order valence-corrected chi connectivity index (χ4v) is 5.64. The van der Waals surface area contributed by atoms with Crippen molar-refractivity contribution in [3.05, 3.63) is 0 Å². The monoisotopic (exact) mass is 790 g/mol. The summed E-state index contributed by atoms with van der Waals surface area (Å²) in [6.45, 7) is 30.8. The summed E-state index contributed by atoms with van der Waals surface area (Å²) >= 11 is 0.745. The minimum atomic E-state index is -0.694. The third kappa shape index (κ3) is 24.3. The topological polar surface area (TPSA) is 172 Å². The Hall–Kier alpha value is -2.26. The van der Waals surface area contributed by atoms with Crippen LogP contribution < -0.4 is 26.6 Å². The van der Waals surface area contributed by atoms with Crippen molar-refractivity contribution in [2.24, 2.45) is 16.7 Å². The first-order valence-corrected chi connectivity index (χ1v) is 21.2. The lowest BCUT2D eigenvalue weighted by Gasteiger charge is -2.34. The maximum atomic E-state index is 12.4. The maximum Gasteiger partial charge on any atom is 0.315 e. The van der Waals surface area contributed by atoms with Crippen molar-refractivity contribution in [1.29, 1.82) is 0 Å². The van der Waals surface area contributed by atoms with Gasteiger partial charge in [-0.05, 0) is 63.5 Å². The van der Waals surface area contributed by atoms with Crippen LogP contribution in [-0.2, 0) is 19.2 Å². The van der Waals surface area contributed by atoms with Gasteiger partial charge in [0.05, 0.1) is 30.4 Å². The molecule has 0 bridgehead atoms. The molecule has 4 amide bonds. The van der Waals surface area contributed by atoms with Gasteiger partial charge in [0.15, 0.2) is 0 Å². The van der Waals surface area contributed by atoms with Crippen LogP contribution in [0.4, 0.5) is 4.79 Å². The van der Waals surface area contributed by atoms with E-state index in [1.165, 1.54) is 19.9 Å². The molecule has 0 aromatic carbocycles. The summed E-state index contributed by atoms with van der Waals surface area (Å²) in [4.78, 5) is 61.7. The van der Waals surface area contributed by atoms with Crippen molar-refractivity contribution in [3.8, 4) is 0 Å². The minimum Gasteiger partial charge on any atom is -0.353 e. The van der Waals surface area contributed by atoms with E-state index in [2.05, 4.69) is 47.4 Å². The zero-order valence-electron chi connectivity index (χ0n) is 37.1. The third-order valence-corrected chi connectivity index (χ3v) is 9.77. The Balaban J connectivity index is -0.000000851. The van der Waals surface area contributed by atoms with Crippen LogP contribution in [0.3, 0.4) is 0 Å². The Morgan fingerprint density at radius 2 is 1.48 bits per heavy atom. The predicted molar refractivity (Wildman–Crippen MR) is 226 cm³/mol. The Labute approximate surface area is 334 Å². The molecule has 54 heavy (non-hydrogen) atoms. The smallest absolute Gasteiger partial charge is 0.315 e. The second kappa shape index (κ2) is 30.9. The minimum absolute atomic E-state index is 0.107. The van der Waals surface area contributed by atoms with E-state index < -0.39 is 23.8 Å². The second-order valence-electron chi connectivity index (χ2n) is 15.6. The highest BCUT2D eigenvalue weighted by atomic mass is 32.2. The Morgan fingerprint density at radius 3 is 1.89 bits per heavy atom. The van der Waals surface area contributed by atoms with Gasteiger partial charge in [-0.3, -0.25) is 19.3 Å². The highest BCUT2D eigenvalue weighted by Gasteiger charge is 2.33. The van der Waals surface area contributed by atoms with Gasteiger partial charge in [0.1, 0.15) is 6.29 Å². The Kier molecular flexibility index (Phi) is 32.1. The summed E-state index contributed by atoms with van der Waals surface area (Å²) in [6.07, 6.45) is 7.62. The molecule has 2 fully saturated rings. The molecule has 2 rings (SSSR count). The molecule has 4 atom stereocenters. The highest BCUT2D eigenvalue weighted by Crippen LogP contribution is 2.34. The van der Waals surface area contributed by atoms with Crippen LogP contribution in [0.2, 0.25) is 0 Å². The molecule has 1 heterocycles. The number of nitrogens with zero attached hydrogens (tertiary/aromatic N) is 2. The lowest BCUT2D eigenvalue weighted by Crippen LogP contribution is -2.56. The van der Waals surface area contributed by atoms with E-state index in [-0.39, 0.29) is 40.9 Å². The molecule has 13 nitrogen and oxygen atoms in total. The number of carbonyl (C=O) groups is 5. The number of nitrogens with one attached hydrogen (secondary N) is 5. The molecular weight excluding hydrogens is 707 g/mol. The summed E-state index contributed by atoms with van der Waals surface area (Å²) in [5, 5.41) is 14.2.